The molecule has 136 valence electrons. The van der Waals surface area contributed by atoms with Gasteiger partial charge < -0.3 is 9.55 Å². The Balaban J connectivity index is 1.45. The van der Waals surface area contributed by atoms with Gasteiger partial charge in [0.15, 0.2) is 5.82 Å². The Bertz CT molecular complexity index is 1230. The fourth-order valence-electron chi connectivity index (χ4n) is 3.28. The SMILES string of the molecule is C(=N\Nc1nc2ccccc2[nH]1)/c1nc2ccccc2n1Cc1ccccc1. The third-order valence-corrected chi connectivity index (χ3v) is 4.61. The van der Waals surface area contributed by atoms with Gasteiger partial charge in [-0.2, -0.15) is 5.10 Å². The van der Waals surface area contributed by atoms with Crippen molar-refractivity contribution in [2.75, 3.05) is 5.43 Å². The molecule has 0 spiro atoms. The molecule has 2 aromatic heterocycles. The van der Waals surface area contributed by atoms with Crippen molar-refractivity contribution in [1.29, 1.82) is 0 Å². The molecule has 5 rings (SSSR count). The number of hydrazone groups is 1. The Labute approximate surface area is 161 Å². The van der Waals surface area contributed by atoms with E-state index in [9.17, 15) is 0 Å². The largest absolute Gasteiger partial charge is 0.323 e. The zero-order valence-corrected chi connectivity index (χ0v) is 15.1. The first-order valence-corrected chi connectivity index (χ1v) is 9.10. The predicted octanol–water partition coefficient (Wildman–Crippen LogP) is 4.41. The number of nitrogens with one attached hydrogen (secondary N) is 2. The number of hydrogen-bond acceptors (Lipinski definition) is 4. The first kappa shape index (κ1) is 16.3. The monoisotopic (exact) mass is 366 g/mol. The van der Waals surface area contributed by atoms with Crippen molar-refractivity contribution in [3.05, 3.63) is 90.3 Å². The lowest BCUT2D eigenvalue weighted by atomic mass is 10.2. The zero-order chi connectivity index (χ0) is 18.8. The molecule has 0 fully saturated rings. The van der Waals surface area contributed by atoms with E-state index in [0.29, 0.717) is 5.95 Å². The van der Waals surface area contributed by atoms with Crippen molar-refractivity contribution in [2.24, 2.45) is 5.10 Å². The molecule has 28 heavy (non-hydrogen) atoms. The van der Waals surface area contributed by atoms with E-state index in [1.165, 1.54) is 5.56 Å². The Hall–Kier alpha value is -3.93. The number of anilines is 1. The highest BCUT2D eigenvalue weighted by Crippen LogP contribution is 2.17. The third kappa shape index (κ3) is 3.12. The van der Waals surface area contributed by atoms with Crippen LogP contribution in [0.4, 0.5) is 5.95 Å². The lowest BCUT2D eigenvalue weighted by Gasteiger charge is -2.07. The van der Waals surface area contributed by atoms with Gasteiger partial charge in [-0.05, 0) is 29.8 Å². The summed E-state index contributed by atoms with van der Waals surface area (Å²) in [5.74, 6) is 1.39. The van der Waals surface area contributed by atoms with Gasteiger partial charge in [0.25, 0.3) is 0 Å². The maximum Gasteiger partial charge on any atom is 0.222 e. The first-order valence-electron chi connectivity index (χ1n) is 9.10. The fourth-order valence-corrected chi connectivity index (χ4v) is 3.28. The molecule has 3 aromatic carbocycles. The minimum atomic E-state index is 0.600. The molecule has 0 unspecified atom stereocenters. The molecule has 6 heteroatoms. The van der Waals surface area contributed by atoms with Crippen molar-refractivity contribution >= 4 is 34.2 Å². The van der Waals surface area contributed by atoms with Gasteiger partial charge in [-0.25, -0.2) is 15.4 Å². The number of rotatable bonds is 5. The number of hydrogen-bond donors (Lipinski definition) is 2. The molecule has 0 aliphatic heterocycles. The third-order valence-electron chi connectivity index (χ3n) is 4.61. The van der Waals surface area contributed by atoms with Crippen LogP contribution in [0.2, 0.25) is 0 Å². The summed E-state index contributed by atoms with van der Waals surface area (Å²) in [4.78, 5) is 12.4. The lowest BCUT2D eigenvalue weighted by molar-refractivity contribution is 0.816. The van der Waals surface area contributed by atoms with E-state index in [4.69, 9.17) is 4.98 Å². The number of nitrogens with zero attached hydrogens (tertiary/aromatic N) is 4. The average Bonchev–Trinajstić information content (AvgIpc) is 3.30. The lowest BCUT2D eigenvalue weighted by Crippen LogP contribution is -2.05. The molecule has 0 atom stereocenters. The molecular weight excluding hydrogens is 348 g/mol. The minimum Gasteiger partial charge on any atom is -0.323 e. The van der Waals surface area contributed by atoms with Gasteiger partial charge in [-0.1, -0.05) is 54.6 Å². The molecule has 0 radical (unpaired) electrons. The summed E-state index contributed by atoms with van der Waals surface area (Å²) in [5.41, 5.74) is 8.08. The van der Waals surface area contributed by atoms with Crippen molar-refractivity contribution < 1.29 is 0 Å². The van der Waals surface area contributed by atoms with Crippen molar-refractivity contribution in [2.45, 2.75) is 6.54 Å². The molecule has 0 bridgehead atoms. The second-order valence-electron chi connectivity index (χ2n) is 6.50. The van der Waals surface area contributed by atoms with Gasteiger partial charge in [0.2, 0.25) is 5.95 Å². The number of H-pyrrole nitrogens is 1. The van der Waals surface area contributed by atoms with E-state index in [1.54, 1.807) is 6.21 Å². The Morgan fingerprint density at radius 1 is 0.857 bits per heavy atom. The Kier molecular flexibility index (Phi) is 4.06. The number of imidazole rings is 2. The topological polar surface area (TPSA) is 70.9 Å². The highest BCUT2D eigenvalue weighted by atomic mass is 15.4. The molecule has 0 amide bonds. The zero-order valence-electron chi connectivity index (χ0n) is 15.1. The maximum absolute atomic E-state index is 4.73. The van der Waals surface area contributed by atoms with Crippen LogP contribution in [0.15, 0.2) is 84.0 Å². The van der Waals surface area contributed by atoms with Crippen LogP contribution < -0.4 is 5.43 Å². The smallest absolute Gasteiger partial charge is 0.222 e. The van der Waals surface area contributed by atoms with Gasteiger partial charge in [-0.3, -0.25) is 0 Å². The van der Waals surface area contributed by atoms with Gasteiger partial charge in [0.05, 0.1) is 28.3 Å². The van der Waals surface area contributed by atoms with Crippen LogP contribution in [-0.4, -0.2) is 25.7 Å². The summed E-state index contributed by atoms with van der Waals surface area (Å²) < 4.78 is 2.16. The molecule has 0 saturated heterocycles. The number of para-hydroxylation sites is 4. The highest BCUT2D eigenvalue weighted by molar-refractivity contribution is 5.85. The van der Waals surface area contributed by atoms with E-state index in [2.05, 4.69) is 43.3 Å². The normalized spacial score (nSPS) is 11.6. The Morgan fingerprint density at radius 2 is 1.61 bits per heavy atom. The summed E-state index contributed by atoms with van der Waals surface area (Å²) in [6, 6.07) is 26.3. The Morgan fingerprint density at radius 3 is 2.46 bits per heavy atom. The number of aromatic amines is 1. The predicted molar refractivity (Wildman–Crippen MR) is 113 cm³/mol. The van der Waals surface area contributed by atoms with E-state index in [0.717, 1.165) is 34.4 Å². The molecule has 0 saturated carbocycles. The van der Waals surface area contributed by atoms with Crippen LogP contribution in [0.3, 0.4) is 0 Å². The number of benzene rings is 3. The van der Waals surface area contributed by atoms with Crippen molar-refractivity contribution in [3.8, 4) is 0 Å². The highest BCUT2D eigenvalue weighted by Gasteiger charge is 2.09. The van der Waals surface area contributed by atoms with Crippen LogP contribution in [0.5, 0.6) is 0 Å². The maximum atomic E-state index is 4.73. The summed E-state index contributed by atoms with van der Waals surface area (Å²) in [6.07, 6.45) is 1.73. The molecule has 0 aliphatic carbocycles. The summed E-state index contributed by atoms with van der Waals surface area (Å²) in [7, 11) is 0. The van der Waals surface area contributed by atoms with Gasteiger partial charge in [0, 0.05) is 6.54 Å². The van der Waals surface area contributed by atoms with Crippen molar-refractivity contribution in [3.63, 3.8) is 0 Å². The van der Waals surface area contributed by atoms with Gasteiger partial charge >= 0.3 is 0 Å². The van der Waals surface area contributed by atoms with Crippen LogP contribution in [-0.2, 0) is 6.54 Å². The van der Waals surface area contributed by atoms with E-state index >= 15 is 0 Å². The molecule has 2 N–H and O–H groups in total. The first-order chi connectivity index (χ1) is 13.9. The summed E-state index contributed by atoms with van der Waals surface area (Å²) in [5, 5.41) is 4.35. The van der Waals surface area contributed by atoms with Crippen LogP contribution in [0, 0.1) is 0 Å². The molecular formula is C22H18N6. The van der Waals surface area contributed by atoms with Crippen LogP contribution >= 0.6 is 0 Å². The molecule has 6 nitrogen and oxygen atoms in total. The summed E-state index contributed by atoms with van der Waals surface area (Å²) >= 11 is 0. The standard InChI is InChI=1S/C22H18N6/c1-2-8-16(9-3-1)15-28-20-13-7-6-12-19(20)24-21(28)14-23-27-22-25-17-10-4-5-11-18(17)26-22/h1-14H,15H2,(H2,25,26,27)/b23-14+. The summed E-state index contributed by atoms with van der Waals surface area (Å²) in [6.45, 7) is 0.730. The number of aromatic nitrogens is 4. The van der Waals surface area contributed by atoms with Crippen molar-refractivity contribution in [1.82, 2.24) is 19.5 Å². The molecule has 5 aromatic rings. The van der Waals surface area contributed by atoms with Crippen LogP contribution in [0.1, 0.15) is 11.4 Å². The van der Waals surface area contributed by atoms with E-state index in [-0.39, 0.29) is 0 Å². The van der Waals surface area contributed by atoms with Gasteiger partial charge in [0.1, 0.15) is 0 Å². The molecule has 2 heterocycles. The van der Waals surface area contributed by atoms with E-state index in [1.807, 2.05) is 60.7 Å². The molecule has 0 aliphatic rings. The quantitative estimate of drug-likeness (QED) is 0.358. The number of fused-ring (bicyclic) bond motifs is 2. The van der Waals surface area contributed by atoms with Gasteiger partial charge in [-0.15, -0.1) is 0 Å². The second kappa shape index (κ2) is 7.00. The fraction of sp³-hybridized carbons (Fsp3) is 0.0455. The second-order valence-corrected chi connectivity index (χ2v) is 6.50. The van der Waals surface area contributed by atoms with E-state index < -0.39 is 0 Å². The average molecular weight is 366 g/mol. The minimum absolute atomic E-state index is 0.600. The van der Waals surface area contributed by atoms with Crippen LogP contribution in [0.25, 0.3) is 22.1 Å².